The van der Waals surface area contributed by atoms with Crippen molar-refractivity contribution in [1.82, 2.24) is 19.4 Å². The van der Waals surface area contributed by atoms with Gasteiger partial charge in [0.15, 0.2) is 0 Å². The summed E-state index contributed by atoms with van der Waals surface area (Å²) in [5.74, 6) is 1.91. The first kappa shape index (κ1) is 16.0. The van der Waals surface area contributed by atoms with Crippen molar-refractivity contribution >= 4 is 0 Å². The number of fused-ring (bicyclic) bond motifs is 1. The highest BCUT2D eigenvalue weighted by molar-refractivity contribution is 4.97. The standard InChI is InChI=1S/C17H30N4O/c1-3-19(4-2)11-15-12-20-8-7-18-17(20)14-21(13-15)16-5-9-22-10-6-16/h7-8,15-16H,3-6,9-14H2,1-2H3/t15-/m1/s1. The molecule has 22 heavy (non-hydrogen) atoms. The molecule has 1 atom stereocenters. The van der Waals surface area contributed by atoms with E-state index in [9.17, 15) is 0 Å². The molecule has 0 saturated carbocycles. The number of aromatic nitrogens is 2. The van der Waals surface area contributed by atoms with Crippen LogP contribution in [0.2, 0.25) is 0 Å². The van der Waals surface area contributed by atoms with Crippen molar-refractivity contribution in [2.75, 3.05) is 39.4 Å². The van der Waals surface area contributed by atoms with Crippen molar-refractivity contribution in [1.29, 1.82) is 0 Å². The Hall–Kier alpha value is -0.910. The molecule has 1 aromatic rings. The van der Waals surface area contributed by atoms with Crippen molar-refractivity contribution in [2.24, 2.45) is 5.92 Å². The lowest BCUT2D eigenvalue weighted by Gasteiger charge is -2.35. The lowest BCUT2D eigenvalue weighted by Crippen LogP contribution is -2.43. The summed E-state index contributed by atoms with van der Waals surface area (Å²) in [6.45, 7) is 13.1. The molecule has 0 N–H and O–H groups in total. The Bertz CT molecular complexity index is 451. The molecule has 1 aromatic heterocycles. The van der Waals surface area contributed by atoms with Crippen molar-refractivity contribution in [3.05, 3.63) is 18.2 Å². The molecule has 0 spiro atoms. The molecule has 0 aromatic carbocycles. The van der Waals surface area contributed by atoms with Gasteiger partial charge in [-0.1, -0.05) is 13.8 Å². The number of nitrogens with zero attached hydrogens (tertiary/aromatic N) is 4. The van der Waals surface area contributed by atoms with Gasteiger partial charge in [0.2, 0.25) is 0 Å². The minimum absolute atomic E-state index is 0.663. The molecule has 2 aliphatic rings. The van der Waals surface area contributed by atoms with Crippen LogP contribution in [0.5, 0.6) is 0 Å². The molecule has 3 rings (SSSR count). The van der Waals surface area contributed by atoms with E-state index in [1.807, 2.05) is 6.20 Å². The second kappa shape index (κ2) is 7.57. The van der Waals surface area contributed by atoms with Gasteiger partial charge in [-0.2, -0.15) is 0 Å². The third-order valence-corrected chi connectivity index (χ3v) is 5.21. The number of imidazole rings is 1. The second-order valence-electron chi connectivity index (χ2n) is 6.62. The van der Waals surface area contributed by atoms with Gasteiger partial charge in [-0.05, 0) is 25.9 Å². The fourth-order valence-electron chi connectivity index (χ4n) is 3.86. The van der Waals surface area contributed by atoms with Crippen molar-refractivity contribution < 1.29 is 4.74 Å². The van der Waals surface area contributed by atoms with Gasteiger partial charge >= 0.3 is 0 Å². The summed E-state index contributed by atoms with van der Waals surface area (Å²) >= 11 is 0. The molecule has 0 bridgehead atoms. The Morgan fingerprint density at radius 3 is 2.73 bits per heavy atom. The first-order valence-corrected chi connectivity index (χ1v) is 8.84. The lowest BCUT2D eigenvalue weighted by atomic mass is 10.0. The summed E-state index contributed by atoms with van der Waals surface area (Å²) in [6, 6.07) is 0.663. The van der Waals surface area contributed by atoms with Crippen molar-refractivity contribution in [3.8, 4) is 0 Å². The van der Waals surface area contributed by atoms with Gasteiger partial charge in [0.1, 0.15) is 5.82 Å². The third kappa shape index (κ3) is 3.70. The fourth-order valence-corrected chi connectivity index (χ4v) is 3.86. The van der Waals surface area contributed by atoms with E-state index in [4.69, 9.17) is 4.74 Å². The normalized spacial score (nSPS) is 24.4. The molecule has 1 saturated heterocycles. The Balaban J connectivity index is 1.73. The molecule has 5 nitrogen and oxygen atoms in total. The molecule has 0 radical (unpaired) electrons. The molecule has 5 heteroatoms. The summed E-state index contributed by atoms with van der Waals surface area (Å²) in [5.41, 5.74) is 0. The largest absolute Gasteiger partial charge is 0.381 e. The van der Waals surface area contributed by atoms with Crippen molar-refractivity contribution in [3.63, 3.8) is 0 Å². The van der Waals surface area contributed by atoms with Crippen LogP contribution >= 0.6 is 0 Å². The lowest BCUT2D eigenvalue weighted by molar-refractivity contribution is 0.0239. The molecule has 0 unspecified atom stereocenters. The molecular formula is C17H30N4O. The zero-order chi connectivity index (χ0) is 15.4. The average Bonchev–Trinajstić information content (AvgIpc) is 2.92. The summed E-state index contributed by atoms with van der Waals surface area (Å²) in [4.78, 5) is 9.81. The van der Waals surface area contributed by atoms with E-state index in [0.717, 1.165) is 39.4 Å². The zero-order valence-corrected chi connectivity index (χ0v) is 14.1. The number of ether oxygens (including phenoxy) is 1. The minimum atomic E-state index is 0.663. The average molecular weight is 306 g/mol. The highest BCUT2D eigenvalue weighted by Crippen LogP contribution is 2.23. The van der Waals surface area contributed by atoms with E-state index in [0.29, 0.717) is 12.0 Å². The van der Waals surface area contributed by atoms with Crippen LogP contribution in [0.3, 0.4) is 0 Å². The molecule has 0 aliphatic carbocycles. The number of hydrogen-bond acceptors (Lipinski definition) is 4. The summed E-state index contributed by atoms with van der Waals surface area (Å²) < 4.78 is 7.92. The second-order valence-corrected chi connectivity index (χ2v) is 6.62. The Morgan fingerprint density at radius 1 is 1.23 bits per heavy atom. The fraction of sp³-hybridized carbons (Fsp3) is 0.824. The molecule has 124 valence electrons. The van der Waals surface area contributed by atoms with Crippen LogP contribution in [0.4, 0.5) is 0 Å². The quantitative estimate of drug-likeness (QED) is 0.831. The molecule has 2 aliphatic heterocycles. The monoisotopic (exact) mass is 306 g/mol. The van der Waals surface area contributed by atoms with Crippen LogP contribution in [-0.2, 0) is 17.8 Å². The van der Waals surface area contributed by atoms with Crippen LogP contribution in [0, 0.1) is 5.92 Å². The maximum Gasteiger partial charge on any atom is 0.122 e. The Labute approximate surface area is 134 Å². The van der Waals surface area contributed by atoms with E-state index < -0.39 is 0 Å². The molecule has 1 fully saturated rings. The molecule has 3 heterocycles. The third-order valence-electron chi connectivity index (χ3n) is 5.21. The maximum atomic E-state index is 5.55. The van der Waals surface area contributed by atoms with Gasteiger partial charge in [0.25, 0.3) is 0 Å². The summed E-state index contributed by atoms with van der Waals surface area (Å²) in [6.07, 6.45) is 6.44. The number of rotatable bonds is 5. The Morgan fingerprint density at radius 2 is 2.00 bits per heavy atom. The maximum absolute atomic E-state index is 5.55. The molecular weight excluding hydrogens is 276 g/mol. The predicted octanol–water partition coefficient (Wildman–Crippen LogP) is 1.84. The van der Waals surface area contributed by atoms with Gasteiger partial charge in [0, 0.05) is 57.2 Å². The van der Waals surface area contributed by atoms with E-state index >= 15 is 0 Å². The van der Waals surface area contributed by atoms with Gasteiger partial charge < -0.3 is 14.2 Å². The van der Waals surface area contributed by atoms with Crippen LogP contribution in [0.15, 0.2) is 12.4 Å². The number of hydrogen-bond donors (Lipinski definition) is 0. The first-order valence-electron chi connectivity index (χ1n) is 8.84. The van der Waals surface area contributed by atoms with Crippen LogP contribution < -0.4 is 0 Å². The highest BCUT2D eigenvalue weighted by Gasteiger charge is 2.29. The van der Waals surface area contributed by atoms with E-state index in [1.165, 1.54) is 31.8 Å². The van der Waals surface area contributed by atoms with Crippen LogP contribution in [0.25, 0.3) is 0 Å². The summed E-state index contributed by atoms with van der Waals surface area (Å²) in [7, 11) is 0. The van der Waals surface area contributed by atoms with E-state index in [-0.39, 0.29) is 0 Å². The summed E-state index contributed by atoms with van der Waals surface area (Å²) in [5, 5.41) is 0. The van der Waals surface area contributed by atoms with Crippen LogP contribution in [-0.4, -0.2) is 64.8 Å². The van der Waals surface area contributed by atoms with E-state index in [2.05, 4.69) is 39.4 Å². The van der Waals surface area contributed by atoms with Crippen molar-refractivity contribution in [2.45, 2.75) is 45.8 Å². The zero-order valence-electron chi connectivity index (χ0n) is 14.1. The topological polar surface area (TPSA) is 33.5 Å². The van der Waals surface area contributed by atoms with E-state index in [1.54, 1.807) is 0 Å². The highest BCUT2D eigenvalue weighted by atomic mass is 16.5. The smallest absolute Gasteiger partial charge is 0.122 e. The minimum Gasteiger partial charge on any atom is -0.381 e. The van der Waals surface area contributed by atoms with Gasteiger partial charge in [-0.25, -0.2) is 4.98 Å². The Kier molecular flexibility index (Phi) is 5.50. The van der Waals surface area contributed by atoms with Gasteiger partial charge in [-0.15, -0.1) is 0 Å². The molecule has 0 amide bonds. The van der Waals surface area contributed by atoms with Gasteiger partial charge in [0.05, 0.1) is 6.54 Å². The predicted molar refractivity (Wildman–Crippen MR) is 87.8 cm³/mol. The first-order chi connectivity index (χ1) is 10.8. The SMILES string of the molecule is CCN(CC)C[C@H]1CN(C2CCOCC2)Cc2nccn2C1. The van der Waals surface area contributed by atoms with Crippen LogP contribution in [0.1, 0.15) is 32.5 Å². The van der Waals surface area contributed by atoms with Gasteiger partial charge in [-0.3, -0.25) is 4.90 Å².